The second-order valence-electron chi connectivity index (χ2n) is 6.87. The lowest BCUT2D eigenvalue weighted by atomic mass is 10.0. The zero-order valence-electron chi connectivity index (χ0n) is 17.3. The molecule has 0 radical (unpaired) electrons. The molecule has 0 amide bonds. The van der Waals surface area contributed by atoms with Crippen LogP contribution in [0.3, 0.4) is 0 Å². The number of ether oxygens (including phenoxy) is 2. The Morgan fingerprint density at radius 1 is 1.03 bits per heavy atom. The zero-order chi connectivity index (χ0) is 22.4. The number of methoxy groups -OCH3 is 2. The van der Waals surface area contributed by atoms with Crippen molar-refractivity contribution in [1.29, 1.82) is 0 Å². The van der Waals surface area contributed by atoms with Gasteiger partial charge in [0.2, 0.25) is 5.43 Å². The summed E-state index contributed by atoms with van der Waals surface area (Å²) in [5.74, 6) is 0.870. The number of aliphatic hydroxyl groups is 1. The molecule has 0 unspecified atom stereocenters. The minimum absolute atomic E-state index is 0.0158. The molecule has 0 aliphatic heterocycles. The summed E-state index contributed by atoms with van der Waals surface area (Å²) in [5.41, 5.74) is -0.983. The van der Waals surface area contributed by atoms with Gasteiger partial charge < -0.3 is 19.0 Å². The Labute approximate surface area is 174 Å². The number of hydrogen-bond donors (Lipinski definition) is 1. The Morgan fingerprint density at radius 2 is 1.74 bits per heavy atom. The summed E-state index contributed by atoms with van der Waals surface area (Å²) in [4.78, 5) is 42.6. The van der Waals surface area contributed by atoms with Crippen molar-refractivity contribution in [3.05, 3.63) is 61.1 Å². The average Bonchev–Trinajstić information content (AvgIpc) is 2.79. The molecule has 10 heteroatoms. The summed E-state index contributed by atoms with van der Waals surface area (Å²) in [6.07, 6.45) is 0. The van der Waals surface area contributed by atoms with Gasteiger partial charge in [-0.2, -0.15) is 0 Å². The molecule has 10 nitrogen and oxygen atoms in total. The molecule has 160 valence electrons. The first-order valence-electron chi connectivity index (χ1n) is 9.22. The SMILES string of the molecule is COc1ccc(-c2c3oc(CO)cc(=O)c3nc3c2c(=O)n(C)c(=O)n3C)cc1OC. The number of aliphatic hydroxyl groups excluding tert-OH is 1. The number of pyridine rings is 1. The average molecular weight is 425 g/mol. The van der Waals surface area contributed by atoms with Crippen molar-refractivity contribution in [2.24, 2.45) is 14.1 Å². The fourth-order valence-corrected chi connectivity index (χ4v) is 3.56. The number of fused-ring (bicyclic) bond motifs is 2. The quantitative estimate of drug-likeness (QED) is 0.479. The van der Waals surface area contributed by atoms with Gasteiger partial charge in [0.1, 0.15) is 12.4 Å². The molecule has 1 aromatic carbocycles. The molecule has 0 saturated carbocycles. The van der Waals surface area contributed by atoms with Crippen LogP contribution in [0, 0.1) is 0 Å². The fraction of sp³-hybridized carbons (Fsp3) is 0.238. The molecule has 0 bridgehead atoms. The van der Waals surface area contributed by atoms with Crippen LogP contribution in [-0.4, -0.2) is 33.4 Å². The second-order valence-corrected chi connectivity index (χ2v) is 6.87. The highest BCUT2D eigenvalue weighted by atomic mass is 16.5. The van der Waals surface area contributed by atoms with E-state index in [1.165, 1.54) is 32.9 Å². The third-order valence-corrected chi connectivity index (χ3v) is 5.13. The molecule has 0 aliphatic carbocycles. The topological polar surface area (TPSA) is 126 Å². The van der Waals surface area contributed by atoms with Gasteiger partial charge in [-0.15, -0.1) is 0 Å². The van der Waals surface area contributed by atoms with E-state index in [1.54, 1.807) is 18.2 Å². The molecule has 1 N–H and O–H groups in total. The Morgan fingerprint density at radius 3 is 2.39 bits per heavy atom. The van der Waals surface area contributed by atoms with E-state index < -0.39 is 23.3 Å². The molecular weight excluding hydrogens is 406 g/mol. The number of nitrogens with zero attached hydrogens (tertiary/aromatic N) is 3. The molecular formula is C21H19N3O7. The van der Waals surface area contributed by atoms with Crippen molar-refractivity contribution in [3.8, 4) is 22.6 Å². The number of hydrogen-bond acceptors (Lipinski definition) is 8. The summed E-state index contributed by atoms with van der Waals surface area (Å²) >= 11 is 0. The molecule has 0 fully saturated rings. The van der Waals surface area contributed by atoms with E-state index >= 15 is 0 Å². The van der Waals surface area contributed by atoms with E-state index in [1.807, 2.05) is 0 Å². The van der Waals surface area contributed by atoms with Gasteiger partial charge in [-0.3, -0.25) is 18.7 Å². The highest BCUT2D eigenvalue weighted by Gasteiger charge is 2.23. The monoisotopic (exact) mass is 425 g/mol. The van der Waals surface area contributed by atoms with Gasteiger partial charge in [-0.1, -0.05) is 6.07 Å². The van der Waals surface area contributed by atoms with E-state index in [4.69, 9.17) is 13.9 Å². The highest BCUT2D eigenvalue weighted by molar-refractivity contribution is 6.06. The van der Waals surface area contributed by atoms with E-state index in [9.17, 15) is 19.5 Å². The number of rotatable bonds is 4. The fourth-order valence-electron chi connectivity index (χ4n) is 3.56. The van der Waals surface area contributed by atoms with E-state index in [0.717, 1.165) is 10.6 Å². The van der Waals surface area contributed by atoms with Crippen LogP contribution in [-0.2, 0) is 20.7 Å². The van der Waals surface area contributed by atoms with Crippen LogP contribution in [0.15, 0.2) is 43.1 Å². The van der Waals surface area contributed by atoms with Crippen molar-refractivity contribution in [1.82, 2.24) is 14.1 Å². The summed E-state index contributed by atoms with van der Waals surface area (Å²) in [5, 5.41) is 9.61. The van der Waals surface area contributed by atoms with Crippen LogP contribution in [0.25, 0.3) is 33.3 Å². The lowest BCUT2D eigenvalue weighted by Crippen LogP contribution is -2.37. The molecule has 0 saturated heterocycles. The Bertz CT molecular complexity index is 1530. The van der Waals surface area contributed by atoms with Crippen molar-refractivity contribution in [3.63, 3.8) is 0 Å². The normalized spacial score (nSPS) is 11.3. The van der Waals surface area contributed by atoms with Crippen LogP contribution in [0.1, 0.15) is 5.76 Å². The molecule has 3 aromatic heterocycles. The largest absolute Gasteiger partial charge is 0.493 e. The second kappa shape index (κ2) is 7.40. The van der Waals surface area contributed by atoms with Crippen LogP contribution < -0.4 is 26.2 Å². The third kappa shape index (κ3) is 2.99. The molecule has 3 heterocycles. The molecule has 4 aromatic rings. The maximum absolute atomic E-state index is 13.1. The summed E-state index contributed by atoms with van der Waals surface area (Å²) in [6, 6.07) is 6.07. The third-order valence-electron chi connectivity index (χ3n) is 5.13. The predicted octanol–water partition coefficient (Wildman–Crippen LogP) is 0.915. The Balaban J connectivity index is 2.33. The van der Waals surface area contributed by atoms with Crippen LogP contribution in [0.5, 0.6) is 11.5 Å². The van der Waals surface area contributed by atoms with E-state index in [-0.39, 0.29) is 33.5 Å². The van der Waals surface area contributed by atoms with Gasteiger partial charge in [-0.05, 0) is 17.7 Å². The summed E-state index contributed by atoms with van der Waals surface area (Å²) in [6.45, 7) is -0.514. The van der Waals surface area contributed by atoms with E-state index in [0.29, 0.717) is 17.1 Å². The molecule has 0 spiro atoms. The minimum atomic E-state index is -0.602. The van der Waals surface area contributed by atoms with Gasteiger partial charge in [0.05, 0.1) is 19.6 Å². The van der Waals surface area contributed by atoms with Crippen molar-refractivity contribution in [2.75, 3.05) is 14.2 Å². The van der Waals surface area contributed by atoms with Gasteiger partial charge in [-0.25, -0.2) is 9.78 Å². The molecule has 4 rings (SSSR count). The number of benzene rings is 1. The van der Waals surface area contributed by atoms with Crippen LogP contribution >= 0.6 is 0 Å². The van der Waals surface area contributed by atoms with E-state index in [2.05, 4.69) is 4.98 Å². The Hall–Kier alpha value is -3.92. The van der Waals surface area contributed by atoms with Crippen molar-refractivity contribution in [2.45, 2.75) is 6.61 Å². The smallest absolute Gasteiger partial charge is 0.332 e. The van der Waals surface area contributed by atoms with Crippen molar-refractivity contribution < 1.29 is 19.0 Å². The standard InChI is InChI=1S/C21H19N3O7/c1-23-19-16(20(27)24(2)21(23)28)15(10-5-6-13(29-3)14(7-10)30-4)18-17(22-19)12(26)8-11(9-25)31-18/h5-8,25H,9H2,1-4H3. The number of aromatic nitrogens is 3. The maximum atomic E-state index is 13.1. The highest BCUT2D eigenvalue weighted by Crippen LogP contribution is 2.37. The van der Waals surface area contributed by atoms with Gasteiger partial charge in [0.25, 0.3) is 5.56 Å². The lowest BCUT2D eigenvalue weighted by molar-refractivity contribution is 0.249. The molecule has 0 aliphatic rings. The first-order chi connectivity index (χ1) is 14.8. The summed E-state index contributed by atoms with van der Waals surface area (Å²) < 4.78 is 18.6. The van der Waals surface area contributed by atoms with Crippen LogP contribution in [0.2, 0.25) is 0 Å². The molecule has 31 heavy (non-hydrogen) atoms. The van der Waals surface area contributed by atoms with Gasteiger partial charge in [0.15, 0.2) is 28.2 Å². The van der Waals surface area contributed by atoms with Gasteiger partial charge >= 0.3 is 5.69 Å². The lowest BCUT2D eigenvalue weighted by Gasteiger charge is -2.15. The Kier molecular flexibility index (Phi) is 4.86. The first kappa shape index (κ1) is 20.4. The van der Waals surface area contributed by atoms with Gasteiger partial charge in [0, 0.05) is 25.7 Å². The number of aryl methyl sites for hydroxylation is 1. The van der Waals surface area contributed by atoms with Crippen molar-refractivity contribution >= 4 is 22.1 Å². The first-order valence-corrected chi connectivity index (χ1v) is 9.22. The maximum Gasteiger partial charge on any atom is 0.332 e. The minimum Gasteiger partial charge on any atom is -0.493 e. The predicted molar refractivity (Wildman–Crippen MR) is 113 cm³/mol. The molecule has 0 atom stereocenters. The zero-order valence-corrected chi connectivity index (χ0v) is 17.3. The van der Waals surface area contributed by atoms with Crippen LogP contribution in [0.4, 0.5) is 0 Å². The summed E-state index contributed by atoms with van der Waals surface area (Å²) in [7, 11) is 5.78.